The van der Waals surface area contributed by atoms with Crippen LogP contribution in [0.1, 0.15) is 194 Å². The topological polar surface area (TPSA) is 78.9 Å². The van der Waals surface area contributed by atoms with Gasteiger partial charge in [-0.2, -0.15) is 0 Å². The molecule has 0 spiro atoms. The van der Waals surface area contributed by atoms with Crippen molar-refractivity contribution in [2.75, 3.05) is 13.2 Å². The first-order valence-corrected chi connectivity index (χ1v) is 23.9. The Hall–Kier alpha value is -3.93. The lowest BCUT2D eigenvalue weighted by Gasteiger charge is -2.18. The monoisotopic (exact) mass is 831 g/mol. The Balaban J connectivity index is 4.52. The molecule has 0 rings (SSSR count). The molecule has 0 saturated carbocycles. The van der Waals surface area contributed by atoms with E-state index >= 15 is 0 Å². The van der Waals surface area contributed by atoms with Crippen molar-refractivity contribution in [2.45, 2.75) is 200 Å². The summed E-state index contributed by atoms with van der Waals surface area (Å²) >= 11 is 0. The van der Waals surface area contributed by atoms with Crippen LogP contribution in [0.2, 0.25) is 0 Å². The summed E-state index contributed by atoms with van der Waals surface area (Å²) in [4.78, 5) is 37.7. The Labute approximate surface area is 368 Å². The van der Waals surface area contributed by atoms with Crippen molar-refractivity contribution in [3.8, 4) is 0 Å². The smallest absolute Gasteiger partial charge is 0.309 e. The highest BCUT2D eigenvalue weighted by Crippen LogP contribution is 2.12. The van der Waals surface area contributed by atoms with Crippen molar-refractivity contribution in [1.82, 2.24) is 0 Å². The van der Waals surface area contributed by atoms with Gasteiger partial charge in [0.05, 0.1) is 6.42 Å². The lowest BCUT2D eigenvalue weighted by Crippen LogP contribution is -2.30. The minimum Gasteiger partial charge on any atom is -0.462 e. The molecule has 1 atom stereocenters. The Kier molecular flexibility index (Phi) is 44.6. The predicted molar refractivity (Wildman–Crippen MR) is 256 cm³/mol. The fraction of sp³-hybridized carbons (Fsp3) is 0.611. The SMILES string of the molecule is CC/C=C\C/C=C\C/C=C\C/C=C\C/C=C\CCCC(=O)OCC(COC(=O)C/C=C\C/C=C\C/C=C\CC)OC(=O)CCCCCCC/C=C\CCCCCCCCC. The maximum atomic E-state index is 12.7. The summed E-state index contributed by atoms with van der Waals surface area (Å²) in [6.45, 7) is 6.22. The van der Waals surface area contributed by atoms with E-state index < -0.39 is 12.1 Å². The van der Waals surface area contributed by atoms with Gasteiger partial charge in [-0.3, -0.25) is 14.4 Å². The summed E-state index contributed by atoms with van der Waals surface area (Å²) in [5.74, 6) is -1.14. The second-order valence-corrected chi connectivity index (χ2v) is 15.3. The molecule has 0 aliphatic heterocycles. The number of hydrogen-bond acceptors (Lipinski definition) is 6. The molecule has 0 aliphatic rings. The third kappa shape index (κ3) is 45.2. The van der Waals surface area contributed by atoms with Crippen LogP contribution < -0.4 is 0 Å². The van der Waals surface area contributed by atoms with Crippen LogP contribution in [0.15, 0.2) is 109 Å². The molecule has 6 nitrogen and oxygen atoms in total. The van der Waals surface area contributed by atoms with E-state index in [4.69, 9.17) is 14.2 Å². The maximum Gasteiger partial charge on any atom is 0.309 e. The van der Waals surface area contributed by atoms with Crippen LogP contribution in [-0.4, -0.2) is 37.2 Å². The Morgan fingerprint density at radius 2 is 0.733 bits per heavy atom. The van der Waals surface area contributed by atoms with Crippen LogP contribution in [0.25, 0.3) is 0 Å². The summed E-state index contributed by atoms with van der Waals surface area (Å²) in [6.07, 6.45) is 64.0. The maximum absolute atomic E-state index is 12.7. The normalized spacial score (nSPS) is 13.1. The molecule has 338 valence electrons. The Morgan fingerprint density at radius 1 is 0.367 bits per heavy atom. The number of carbonyl (C=O) groups is 3. The fourth-order valence-electron chi connectivity index (χ4n) is 6.00. The van der Waals surface area contributed by atoms with E-state index in [2.05, 4.69) is 118 Å². The van der Waals surface area contributed by atoms with Crippen molar-refractivity contribution in [3.05, 3.63) is 109 Å². The second kappa shape index (κ2) is 47.7. The Bertz CT molecular complexity index is 1280. The lowest BCUT2D eigenvalue weighted by molar-refractivity contribution is -0.166. The van der Waals surface area contributed by atoms with Crippen molar-refractivity contribution in [1.29, 1.82) is 0 Å². The van der Waals surface area contributed by atoms with E-state index in [1.165, 1.54) is 57.8 Å². The first-order chi connectivity index (χ1) is 29.5. The zero-order valence-electron chi connectivity index (χ0n) is 38.4. The van der Waals surface area contributed by atoms with Gasteiger partial charge in [-0.05, 0) is 96.3 Å². The summed E-state index contributed by atoms with van der Waals surface area (Å²) in [5.41, 5.74) is 0. The van der Waals surface area contributed by atoms with Gasteiger partial charge in [0.1, 0.15) is 13.2 Å². The van der Waals surface area contributed by atoms with Crippen LogP contribution in [0.5, 0.6) is 0 Å². The Morgan fingerprint density at radius 3 is 1.23 bits per heavy atom. The summed E-state index contributed by atoms with van der Waals surface area (Å²) < 4.78 is 16.6. The molecule has 0 aliphatic carbocycles. The largest absolute Gasteiger partial charge is 0.462 e. The molecule has 0 N–H and O–H groups in total. The van der Waals surface area contributed by atoms with Gasteiger partial charge in [0, 0.05) is 12.8 Å². The minimum atomic E-state index is -0.840. The molecule has 0 bridgehead atoms. The van der Waals surface area contributed by atoms with Gasteiger partial charge in [-0.1, -0.05) is 188 Å². The van der Waals surface area contributed by atoms with Crippen molar-refractivity contribution < 1.29 is 28.6 Å². The number of rotatable bonds is 41. The number of carbonyl (C=O) groups excluding carboxylic acids is 3. The molecular formula is C54H86O6. The molecule has 0 radical (unpaired) electrons. The van der Waals surface area contributed by atoms with E-state index in [1.807, 2.05) is 6.08 Å². The molecular weight excluding hydrogens is 745 g/mol. The van der Waals surface area contributed by atoms with Gasteiger partial charge < -0.3 is 14.2 Å². The molecule has 60 heavy (non-hydrogen) atoms. The predicted octanol–water partition coefficient (Wildman–Crippen LogP) is 15.6. The summed E-state index contributed by atoms with van der Waals surface area (Å²) in [6, 6.07) is 0. The second-order valence-electron chi connectivity index (χ2n) is 15.3. The molecule has 1 unspecified atom stereocenters. The molecule has 0 heterocycles. The minimum absolute atomic E-state index is 0.120. The van der Waals surface area contributed by atoms with E-state index in [0.717, 1.165) is 89.9 Å². The van der Waals surface area contributed by atoms with E-state index in [1.54, 1.807) is 6.08 Å². The molecule has 0 saturated heterocycles. The highest BCUT2D eigenvalue weighted by Gasteiger charge is 2.19. The zero-order chi connectivity index (χ0) is 43.7. The van der Waals surface area contributed by atoms with E-state index in [0.29, 0.717) is 6.42 Å². The van der Waals surface area contributed by atoms with Crippen LogP contribution in [0, 0.1) is 0 Å². The molecule has 0 aromatic rings. The van der Waals surface area contributed by atoms with Gasteiger partial charge in [0.2, 0.25) is 0 Å². The molecule has 6 heteroatoms. The van der Waals surface area contributed by atoms with Crippen LogP contribution >= 0.6 is 0 Å². The fourth-order valence-corrected chi connectivity index (χ4v) is 6.00. The number of hydrogen-bond donors (Lipinski definition) is 0. The number of esters is 3. The van der Waals surface area contributed by atoms with Crippen LogP contribution in [-0.2, 0) is 28.6 Å². The van der Waals surface area contributed by atoms with Gasteiger partial charge in [0.25, 0.3) is 0 Å². The molecule has 0 fully saturated rings. The van der Waals surface area contributed by atoms with Crippen molar-refractivity contribution in [3.63, 3.8) is 0 Å². The summed E-state index contributed by atoms with van der Waals surface area (Å²) in [7, 11) is 0. The first-order valence-electron chi connectivity index (χ1n) is 23.9. The molecule has 0 aromatic heterocycles. The van der Waals surface area contributed by atoms with Gasteiger partial charge >= 0.3 is 17.9 Å². The van der Waals surface area contributed by atoms with Gasteiger partial charge in [-0.15, -0.1) is 0 Å². The number of unbranched alkanes of at least 4 members (excludes halogenated alkanes) is 13. The third-order valence-corrected chi connectivity index (χ3v) is 9.53. The van der Waals surface area contributed by atoms with Gasteiger partial charge in [0.15, 0.2) is 6.10 Å². The molecule has 0 aromatic carbocycles. The van der Waals surface area contributed by atoms with E-state index in [9.17, 15) is 14.4 Å². The van der Waals surface area contributed by atoms with Crippen molar-refractivity contribution in [2.24, 2.45) is 0 Å². The zero-order valence-corrected chi connectivity index (χ0v) is 38.4. The standard InChI is InChI=1S/C54H86O6/c1-4-7-10-13-16-19-21-23-25-27-29-30-32-35-38-41-44-47-53(56)59-50-51(49-58-52(55)46-43-40-37-34-18-15-12-9-6-3)60-54(57)48-45-42-39-36-33-31-28-26-24-22-20-17-14-11-8-5-2/h7,9-10,12,16,18-19,23,25-26,28-30,34-35,38,40,43,51H,4-6,8,11,13-15,17,20-22,24,27,31-33,36-37,39,41-42,44-50H2,1-3H3/b10-7-,12-9-,19-16-,25-23-,28-26-,30-29-,34-18-,38-35-,43-40-. The van der Waals surface area contributed by atoms with Crippen molar-refractivity contribution >= 4 is 17.9 Å². The van der Waals surface area contributed by atoms with Gasteiger partial charge in [-0.25, -0.2) is 0 Å². The average Bonchev–Trinajstić information content (AvgIpc) is 3.24. The number of allylic oxidation sites excluding steroid dienone is 17. The third-order valence-electron chi connectivity index (χ3n) is 9.53. The summed E-state index contributed by atoms with van der Waals surface area (Å²) in [5, 5.41) is 0. The molecule has 0 amide bonds. The lowest BCUT2D eigenvalue weighted by atomic mass is 10.1. The quantitative estimate of drug-likeness (QED) is 0.0264. The van der Waals surface area contributed by atoms with Crippen LogP contribution in [0.3, 0.4) is 0 Å². The number of ether oxygens (including phenoxy) is 3. The van der Waals surface area contributed by atoms with Crippen LogP contribution in [0.4, 0.5) is 0 Å². The highest BCUT2D eigenvalue weighted by molar-refractivity contribution is 5.72. The van der Waals surface area contributed by atoms with E-state index in [-0.39, 0.29) is 44.4 Å². The average molecular weight is 831 g/mol. The first kappa shape index (κ1) is 56.1. The highest BCUT2D eigenvalue weighted by atomic mass is 16.6.